The van der Waals surface area contributed by atoms with Crippen LogP contribution in [0.25, 0.3) is 0 Å². The lowest BCUT2D eigenvalue weighted by molar-refractivity contribution is -0.121. The van der Waals surface area contributed by atoms with E-state index >= 15 is 0 Å². The summed E-state index contributed by atoms with van der Waals surface area (Å²) in [4.78, 5) is 27.1. The van der Waals surface area contributed by atoms with E-state index in [1.807, 2.05) is 56.3 Å². The van der Waals surface area contributed by atoms with E-state index in [2.05, 4.69) is 17.3 Å². The molecule has 0 aliphatic carbocycles. The molecule has 4 rings (SSSR count). The van der Waals surface area contributed by atoms with Gasteiger partial charge in [-0.25, -0.2) is 9.91 Å². The first-order valence-corrected chi connectivity index (χ1v) is 8.75. The Morgan fingerprint density at radius 3 is 2.42 bits per heavy atom. The molecule has 0 N–H and O–H groups in total. The van der Waals surface area contributed by atoms with Crippen molar-refractivity contribution in [3.8, 4) is 0 Å². The summed E-state index contributed by atoms with van der Waals surface area (Å²) in [5.41, 5.74) is 4.60. The molecule has 0 radical (unpaired) electrons. The second-order valence-corrected chi connectivity index (χ2v) is 6.76. The van der Waals surface area contributed by atoms with E-state index < -0.39 is 12.1 Å². The van der Waals surface area contributed by atoms with Gasteiger partial charge in [0.1, 0.15) is 0 Å². The summed E-state index contributed by atoms with van der Waals surface area (Å²) in [5, 5.41) is 9.84. The van der Waals surface area contributed by atoms with Crippen LogP contribution in [-0.2, 0) is 16.0 Å². The molecule has 2 aliphatic heterocycles. The molecule has 0 unspecified atom stereocenters. The molecular weight excluding hydrogens is 328 g/mol. The van der Waals surface area contributed by atoms with Gasteiger partial charge in [-0.2, -0.15) is 5.11 Å². The summed E-state index contributed by atoms with van der Waals surface area (Å²) in [6.45, 7) is 6.00. The van der Waals surface area contributed by atoms with Gasteiger partial charge in [-0.1, -0.05) is 36.4 Å². The lowest BCUT2D eigenvalue weighted by Crippen LogP contribution is -2.40. The van der Waals surface area contributed by atoms with Crippen molar-refractivity contribution in [1.29, 1.82) is 0 Å². The fraction of sp³-hybridized carbons (Fsp3) is 0.300. The van der Waals surface area contributed by atoms with Crippen LogP contribution in [-0.4, -0.2) is 23.9 Å². The highest BCUT2D eigenvalue weighted by Gasteiger charge is 2.55. The molecule has 0 bridgehead atoms. The molecule has 2 aliphatic rings. The highest BCUT2D eigenvalue weighted by molar-refractivity contribution is 6.26. The van der Waals surface area contributed by atoms with Crippen molar-refractivity contribution in [1.82, 2.24) is 0 Å². The number of rotatable bonds is 3. The van der Waals surface area contributed by atoms with Crippen LogP contribution in [0.3, 0.4) is 0 Å². The molecule has 2 aromatic rings. The zero-order valence-electron chi connectivity index (χ0n) is 15.0. The third-order valence-corrected chi connectivity index (χ3v) is 5.00. The molecule has 1 fully saturated rings. The van der Waals surface area contributed by atoms with Crippen LogP contribution >= 0.6 is 0 Å². The van der Waals surface area contributed by atoms with E-state index in [0.29, 0.717) is 5.69 Å². The van der Waals surface area contributed by atoms with Gasteiger partial charge in [0, 0.05) is 0 Å². The van der Waals surface area contributed by atoms with Gasteiger partial charge in [0.05, 0.1) is 11.4 Å². The third kappa shape index (κ3) is 2.41. The number of imide groups is 1. The minimum absolute atomic E-state index is 0.282. The molecule has 2 aromatic carbocycles. The molecule has 0 spiro atoms. The third-order valence-electron chi connectivity index (χ3n) is 5.00. The first kappa shape index (κ1) is 16.4. The van der Waals surface area contributed by atoms with Crippen LogP contribution in [0.1, 0.15) is 23.6 Å². The molecular formula is C20H20N4O2. The number of carbonyl (C=O) groups is 2. The van der Waals surface area contributed by atoms with Gasteiger partial charge >= 0.3 is 0 Å². The lowest BCUT2D eigenvalue weighted by atomic mass is 10.1. The second-order valence-electron chi connectivity index (χ2n) is 6.76. The Labute approximate surface area is 152 Å². The van der Waals surface area contributed by atoms with Crippen molar-refractivity contribution >= 4 is 23.2 Å². The number of amides is 2. The minimum Gasteiger partial charge on any atom is -0.271 e. The molecule has 2 atom stereocenters. The van der Waals surface area contributed by atoms with Gasteiger partial charge < -0.3 is 0 Å². The topological polar surface area (TPSA) is 65.3 Å². The smallest absolute Gasteiger partial charge is 0.263 e. The van der Waals surface area contributed by atoms with Gasteiger partial charge in [-0.3, -0.25) is 9.59 Å². The summed E-state index contributed by atoms with van der Waals surface area (Å²) in [7, 11) is 0. The SMILES string of the molecule is CCc1ccc(N2C(=O)[C@@H]3[C@@H](N=NN3c3cc(C)ccc3C)C2=O)cc1. The zero-order valence-corrected chi connectivity index (χ0v) is 15.0. The van der Waals surface area contributed by atoms with E-state index in [9.17, 15) is 9.59 Å². The van der Waals surface area contributed by atoms with Crippen molar-refractivity contribution in [3.63, 3.8) is 0 Å². The number of aryl methyl sites for hydroxylation is 3. The minimum atomic E-state index is -0.784. The van der Waals surface area contributed by atoms with Gasteiger partial charge in [0.25, 0.3) is 11.8 Å². The number of hydrogen-bond donors (Lipinski definition) is 0. The van der Waals surface area contributed by atoms with Gasteiger partial charge in [-0.15, -0.1) is 0 Å². The Balaban J connectivity index is 1.70. The van der Waals surface area contributed by atoms with Crippen LogP contribution < -0.4 is 9.91 Å². The first-order chi connectivity index (χ1) is 12.5. The van der Waals surface area contributed by atoms with Crippen LogP contribution in [0.15, 0.2) is 52.8 Å². The molecule has 0 saturated carbocycles. The fourth-order valence-corrected chi connectivity index (χ4v) is 3.46. The van der Waals surface area contributed by atoms with E-state index in [-0.39, 0.29) is 11.8 Å². The van der Waals surface area contributed by atoms with Gasteiger partial charge in [0.2, 0.25) is 0 Å². The maximum absolute atomic E-state index is 13.1. The highest BCUT2D eigenvalue weighted by atomic mass is 16.2. The summed E-state index contributed by atoms with van der Waals surface area (Å²) in [6, 6.07) is 12.0. The van der Waals surface area contributed by atoms with Crippen LogP contribution in [0.4, 0.5) is 11.4 Å². The number of carbonyl (C=O) groups excluding carboxylic acids is 2. The summed E-state index contributed by atoms with van der Waals surface area (Å²) < 4.78 is 0. The molecule has 1 saturated heterocycles. The largest absolute Gasteiger partial charge is 0.271 e. The Morgan fingerprint density at radius 1 is 1.00 bits per heavy atom. The molecule has 6 heteroatoms. The maximum atomic E-state index is 13.1. The average molecular weight is 348 g/mol. The second kappa shape index (κ2) is 6.05. The Morgan fingerprint density at radius 2 is 1.73 bits per heavy atom. The fourth-order valence-electron chi connectivity index (χ4n) is 3.46. The average Bonchev–Trinajstić information content (AvgIpc) is 3.18. The first-order valence-electron chi connectivity index (χ1n) is 8.75. The van der Waals surface area contributed by atoms with E-state index in [1.165, 1.54) is 4.90 Å². The van der Waals surface area contributed by atoms with Crippen molar-refractivity contribution in [2.75, 3.05) is 9.91 Å². The predicted octanol–water partition coefficient (Wildman–Crippen LogP) is 3.36. The van der Waals surface area contributed by atoms with E-state index in [0.717, 1.165) is 28.8 Å². The molecule has 6 nitrogen and oxygen atoms in total. The number of anilines is 2. The number of benzene rings is 2. The highest BCUT2D eigenvalue weighted by Crippen LogP contribution is 2.36. The monoisotopic (exact) mass is 348 g/mol. The van der Waals surface area contributed by atoms with Crippen molar-refractivity contribution in [3.05, 3.63) is 59.2 Å². The summed E-state index contributed by atoms with van der Waals surface area (Å²) in [5.74, 6) is -0.601. The van der Waals surface area contributed by atoms with Crippen LogP contribution in [0, 0.1) is 13.8 Å². The normalized spacial score (nSPS) is 21.7. The summed E-state index contributed by atoms with van der Waals surface area (Å²) in [6.07, 6.45) is 0.905. The lowest BCUT2D eigenvalue weighted by Gasteiger charge is -2.22. The van der Waals surface area contributed by atoms with Gasteiger partial charge in [-0.05, 0) is 55.2 Å². The van der Waals surface area contributed by atoms with Crippen LogP contribution in [0.2, 0.25) is 0 Å². The molecule has 132 valence electrons. The molecule has 0 aromatic heterocycles. The van der Waals surface area contributed by atoms with E-state index in [4.69, 9.17) is 0 Å². The predicted molar refractivity (Wildman–Crippen MR) is 99.1 cm³/mol. The zero-order chi connectivity index (χ0) is 18.4. The van der Waals surface area contributed by atoms with E-state index in [1.54, 1.807) is 5.01 Å². The summed E-state index contributed by atoms with van der Waals surface area (Å²) >= 11 is 0. The Kier molecular flexibility index (Phi) is 3.83. The molecule has 26 heavy (non-hydrogen) atoms. The number of fused-ring (bicyclic) bond motifs is 1. The quantitative estimate of drug-likeness (QED) is 0.799. The maximum Gasteiger partial charge on any atom is 0.263 e. The van der Waals surface area contributed by atoms with Crippen molar-refractivity contribution < 1.29 is 9.59 Å². The Bertz CT molecular complexity index is 920. The van der Waals surface area contributed by atoms with Crippen molar-refractivity contribution in [2.45, 2.75) is 39.3 Å². The standard InChI is InChI=1S/C20H20N4O2/c1-4-14-7-9-15(10-8-14)23-19(25)17-18(20(23)26)24(22-21-17)16-11-12(2)5-6-13(16)3/h5-11,17-18H,4H2,1-3H3/t17-,18+/m1/s1. The molecule has 2 heterocycles. The van der Waals surface area contributed by atoms with Gasteiger partial charge in [0.15, 0.2) is 12.1 Å². The van der Waals surface area contributed by atoms with Crippen molar-refractivity contribution in [2.24, 2.45) is 10.3 Å². The number of nitrogens with zero attached hydrogens (tertiary/aromatic N) is 4. The Hall–Kier alpha value is -3.02. The molecule has 2 amide bonds. The van der Waals surface area contributed by atoms with Crippen LogP contribution in [0.5, 0.6) is 0 Å². The number of hydrogen-bond acceptors (Lipinski definition) is 5.